The van der Waals surface area contributed by atoms with Crippen LogP contribution in [0.4, 0.5) is 5.69 Å². The van der Waals surface area contributed by atoms with E-state index in [2.05, 4.69) is 21.6 Å². The van der Waals surface area contributed by atoms with Crippen LogP contribution in [0.3, 0.4) is 0 Å². The first-order chi connectivity index (χ1) is 15.0. The fourth-order valence-corrected chi connectivity index (χ4v) is 4.17. The van der Waals surface area contributed by atoms with Gasteiger partial charge in [-0.15, -0.1) is 6.58 Å². The van der Waals surface area contributed by atoms with Gasteiger partial charge in [0.25, 0.3) is 5.91 Å². The Hall–Kier alpha value is -3.75. The molecule has 1 aromatic heterocycles. The molecule has 0 bridgehead atoms. The van der Waals surface area contributed by atoms with Crippen molar-refractivity contribution in [3.8, 4) is 5.69 Å². The van der Waals surface area contributed by atoms with Gasteiger partial charge in [0.1, 0.15) is 6.33 Å². The number of para-hydroxylation sites is 2. The zero-order valence-electron chi connectivity index (χ0n) is 16.5. The molecule has 0 radical (unpaired) electrons. The molecule has 4 rings (SSSR count). The summed E-state index contributed by atoms with van der Waals surface area (Å²) in [6, 6.07) is 21.0. The smallest absolute Gasteiger partial charge is 0.255 e. The number of hydrogen-bond acceptors (Lipinski definition) is 4. The average Bonchev–Trinajstić information content (AvgIpc) is 3.22. The number of aromatic nitrogens is 2. The Morgan fingerprint density at radius 3 is 2.58 bits per heavy atom. The van der Waals surface area contributed by atoms with Crippen molar-refractivity contribution in [2.45, 2.75) is 4.90 Å². The minimum absolute atomic E-state index is 0.0179. The van der Waals surface area contributed by atoms with Gasteiger partial charge in [0.2, 0.25) is 10.0 Å². The van der Waals surface area contributed by atoms with Gasteiger partial charge in [0, 0.05) is 23.5 Å². The maximum Gasteiger partial charge on any atom is 0.255 e. The second kappa shape index (κ2) is 8.55. The fraction of sp³-hybridized carbons (Fsp3) is 0.0435. The standard InChI is InChI=1S/C23H20N4O3S/c1-2-14-25-31(29,30)20-7-5-6-17(15-20)23(28)26-18-10-12-19(13-11-18)27-16-24-21-8-3-4-9-22(21)27/h2-13,15-16,25H,1,14H2,(H,26,28). The number of imidazole rings is 1. The summed E-state index contributed by atoms with van der Waals surface area (Å²) < 4.78 is 28.9. The zero-order chi connectivity index (χ0) is 21.8. The van der Waals surface area contributed by atoms with Crippen LogP contribution in [0, 0.1) is 0 Å². The lowest BCUT2D eigenvalue weighted by atomic mass is 10.2. The molecule has 7 nitrogen and oxygen atoms in total. The number of sulfonamides is 1. The molecule has 0 aliphatic carbocycles. The number of amides is 1. The summed E-state index contributed by atoms with van der Waals surface area (Å²) >= 11 is 0. The van der Waals surface area contributed by atoms with E-state index in [9.17, 15) is 13.2 Å². The highest BCUT2D eigenvalue weighted by Crippen LogP contribution is 2.20. The lowest BCUT2D eigenvalue weighted by molar-refractivity contribution is 0.102. The van der Waals surface area contributed by atoms with Gasteiger partial charge in [-0.05, 0) is 54.6 Å². The van der Waals surface area contributed by atoms with E-state index < -0.39 is 15.9 Å². The number of carbonyl (C=O) groups is 1. The van der Waals surface area contributed by atoms with Gasteiger partial charge in [-0.2, -0.15) is 0 Å². The molecule has 0 unspecified atom stereocenters. The van der Waals surface area contributed by atoms with Crippen LogP contribution in [-0.2, 0) is 10.0 Å². The highest BCUT2D eigenvalue weighted by molar-refractivity contribution is 7.89. The van der Waals surface area contributed by atoms with E-state index in [0.717, 1.165) is 16.7 Å². The van der Waals surface area contributed by atoms with E-state index in [1.165, 1.54) is 24.3 Å². The van der Waals surface area contributed by atoms with Crippen LogP contribution in [0.2, 0.25) is 0 Å². The van der Waals surface area contributed by atoms with E-state index >= 15 is 0 Å². The average molecular weight is 433 g/mol. The molecular formula is C23H20N4O3S. The third-order valence-corrected chi connectivity index (χ3v) is 6.10. The predicted octanol–water partition coefficient (Wildman–Crippen LogP) is 3.74. The molecule has 0 saturated carbocycles. The molecule has 0 saturated heterocycles. The van der Waals surface area contributed by atoms with Gasteiger partial charge < -0.3 is 5.32 Å². The van der Waals surface area contributed by atoms with Crippen molar-refractivity contribution in [1.29, 1.82) is 0 Å². The number of hydrogen-bond donors (Lipinski definition) is 2. The maximum atomic E-state index is 12.6. The van der Waals surface area contributed by atoms with E-state index in [4.69, 9.17) is 0 Å². The summed E-state index contributed by atoms with van der Waals surface area (Å²) in [7, 11) is -3.71. The van der Waals surface area contributed by atoms with Crippen molar-refractivity contribution in [1.82, 2.24) is 14.3 Å². The van der Waals surface area contributed by atoms with E-state index in [1.54, 1.807) is 24.5 Å². The molecule has 3 aromatic carbocycles. The molecule has 0 spiro atoms. The minimum atomic E-state index is -3.71. The van der Waals surface area contributed by atoms with Crippen molar-refractivity contribution in [2.24, 2.45) is 0 Å². The summed E-state index contributed by atoms with van der Waals surface area (Å²) in [6.07, 6.45) is 3.20. The quantitative estimate of drug-likeness (QED) is 0.435. The Morgan fingerprint density at radius 1 is 1.03 bits per heavy atom. The van der Waals surface area contributed by atoms with Crippen LogP contribution in [0.1, 0.15) is 10.4 Å². The Bertz CT molecular complexity index is 1360. The lowest BCUT2D eigenvalue weighted by Gasteiger charge is -2.09. The summed E-state index contributed by atoms with van der Waals surface area (Å²) in [5.41, 5.74) is 3.63. The van der Waals surface area contributed by atoms with Crippen LogP contribution >= 0.6 is 0 Å². The predicted molar refractivity (Wildman–Crippen MR) is 121 cm³/mol. The summed E-state index contributed by atoms with van der Waals surface area (Å²) in [4.78, 5) is 17.0. The summed E-state index contributed by atoms with van der Waals surface area (Å²) in [6.45, 7) is 3.60. The van der Waals surface area contributed by atoms with Crippen LogP contribution in [0.25, 0.3) is 16.7 Å². The SMILES string of the molecule is C=CCNS(=O)(=O)c1cccc(C(=O)Nc2ccc(-n3cnc4ccccc43)cc2)c1. The number of carbonyl (C=O) groups excluding carboxylic acids is 1. The number of nitrogens with one attached hydrogen (secondary N) is 2. The normalized spacial score (nSPS) is 11.4. The summed E-state index contributed by atoms with van der Waals surface area (Å²) in [5.74, 6) is -0.401. The highest BCUT2D eigenvalue weighted by atomic mass is 32.2. The van der Waals surface area contributed by atoms with E-state index in [1.807, 2.05) is 41.0 Å². The van der Waals surface area contributed by atoms with Crippen LogP contribution < -0.4 is 10.0 Å². The molecule has 156 valence electrons. The Labute approximate surface area is 180 Å². The Kier molecular flexibility index (Phi) is 5.66. The highest BCUT2D eigenvalue weighted by Gasteiger charge is 2.15. The third-order valence-electron chi connectivity index (χ3n) is 4.68. The molecule has 4 aromatic rings. The molecule has 1 heterocycles. The molecule has 0 aliphatic heterocycles. The van der Waals surface area contributed by atoms with Crippen molar-refractivity contribution >= 4 is 32.7 Å². The van der Waals surface area contributed by atoms with Crippen LogP contribution in [0.5, 0.6) is 0 Å². The fourth-order valence-electron chi connectivity index (χ4n) is 3.13. The van der Waals surface area contributed by atoms with Crippen molar-refractivity contribution < 1.29 is 13.2 Å². The second-order valence-electron chi connectivity index (χ2n) is 6.77. The topological polar surface area (TPSA) is 93.1 Å². The Morgan fingerprint density at radius 2 is 1.81 bits per heavy atom. The first-order valence-electron chi connectivity index (χ1n) is 9.52. The van der Waals surface area contributed by atoms with Gasteiger partial charge in [-0.25, -0.2) is 18.1 Å². The molecule has 0 aliphatic rings. The Balaban J connectivity index is 1.52. The number of nitrogens with zero attached hydrogens (tertiary/aromatic N) is 2. The van der Waals surface area contributed by atoms with E-state index in [0.29, 0.717) is 5.69 Å². The first kappa shape index (κ1) is 20.5. The van der Waals surface area contributed by atoms with Crippen molar-refractivity contribution in [3.05, 3.63) is 97.3 Å². The van der Waals surface area contributed by atoms with Gasteiger partial charge in [-0.1, -0.05) is 24.3 Å². The van der Waals surface area contributed by atoms with Gasteiger partial charge in [0.05, 0.1) is 15.9 Å². The third kappa shape index (κ3) is 4.40. The number of benzene rings is 3. The molecule has 0 fully saturated rings. The number of fused-ring (bicyclic) bond motifs is 1. The minimum Gasteiger partial charge on any atom is -0.322 e. The van der Waals surface area contributed by atoms with Crippen molar-refractivity contribution in [3.63, 3.8) is 0 Å². The monoisotopic (exact) mass is 432 g/mol. The van der Waals surface area contributed by atoms with Crippen LogP contribution in [0.15, 0.2) is 96.7 Å². The largest absolute Gasteiger partial charge is 0.322 e. The molecule has 0 atom stereocenters. The first-order valence-corrected chi connectivity index (χ1v) is 11.0. The molecule has 1 amide bonds. The van der Waals surface area contributed by atoms with Gasteiger partial charge in [0.15, 0.2) is 0 Å². The zero-order valence-corrected chi connectivity index (χ0v) is 17.3. The molecule has 2 N–H and O–H groups in total. The van der Waals surface area contributed by atoms with Gasteiger partial charge >= 0.3 is 0 Å². The second-order valence-corrected chi connectivity index (χ2v) is 8.54. The summed E-state index contributed by atoms with van der Waals surface area (Å²) in [5, 5.41) is 2.79. The lowest BCUT2D eigenvalue weighted by Crippen LogP contribution is -2.24. The maximum absolute atomic E-state index is 12.6. The van der Waals surface area contributed by atoms with Crippen LogP contribution in [-0.4, -0.2) is 30.4 Å². The van der Waals surface area contributed by atoms with Crippen molar-refractivity contribution in [2.75, 3.05) is 11.9 Å². The molecular weight excluding hydrogens is 412 g/mol. The van der Waals surface area contributed by atoms with Gasteiger partial charge in [-0.3, -0.25) is 9.36 Å². The molecule has 31 heavy (non-hydrogen) atoms. The number of rotatable bonds is 7. The molecule has 8 heteroatoms. The van der Waals surface area contributed by atoms with E-state index in [-0.39, 0.29) is 17.0 Å². The number of anilines is 1.